The minimum atomic E-state index is -0.195. The van der Waals surface area contributed by atoms with Crippen LogP contribution in [0.15, 0.2) is 48.5 Å². The number of aromatic amines is 1. The first kappa shape index (κ1) is 20.5. The van der Waals surface area contributed by atoms with Crippen molar-refractivity contribution in [3.8, 4) is 17.0 Å². The number of nitrogens with one attached hydrogen (secondary N) is 1. The van der Waals surface area contributed by atoms with Crippen LogP contribution in [0.1, 0.15) is 54.8 Å². The van der Waals surface area contributed by atoms with Crippen molar-refractivity contribution in [1.82, 2.24) is 15.1 Å². The van der Waals surface area contributed by atoms with E-state index in [0.29, 0.717) is 29.8 Å². The molecule has 30 heavy (non-hydrogen) atoms. The summed E-state index contributed by atoms with van der Waals surface area (Å²) in [7, 11) is 0. The Balaban J connectivity index is 1.78. The normalized spacial score (nSPS) is 15.7. The molecule has 0 aliphatic carbocycles. The molecule has 0 fully saturated rings. The minimum Gasteiger partial charge on any atom is -0.494 e. The molecule has 0 bridgehead atoms. The molecule has 2 heterocycles. The van der Waals surface area contributed by atoms with E-state index in [2.05, 4.69) is 31.0 Å². The fourth-order valence-electron chi connectivity index (χ4n) is 3.92. The molecule has 1 unspecified atom stereocenters. The molecule has 5 nitrogen and oxygen atoms in total. The van der Waals surface area contributed by atoms with E-state index in [4.69, 9.17) is 16.3 Å². The van der Waals surface area contributed by atoms with Gasteiger partial charge in [0.2, 0.25) is 0 Å². The third-order valence-corrected chi connectivity index (χ3v) is 5.46. The van der Waals surface area contributed by atoms with Gasteiger partial charge in [-0.1, -0.05) is 56.6 Å². The van der Waals surface area contributed by atoms with Gasteiger partial charge >= 0.3 is 0 Å². The van der Waals surface area contributed by atoms with Gasteiger partial charge in [0.15, 0.2) is 0 Å². The molecular weight excluding hydrogens is 398 g/mol. The van der Waals surface area contributed by atoms with Crippen molar-refractivity contribution in [1.29, 1.82) is 0 Å². The van der Waals surface area contributed by atoms with Crippen LogP contribution in [-0.4, -0.2) is 34.2 Å². The highest BCUT2D eigenvalue weighted by molar-refractivity contribution is 6.30. The van der Waals surface area contributed by atoms with E-state index in [-0.39, 0.29) is 11.9 Å². The molecule has 1 aliphatic rings. The van der Waals surface area contributed by atoms with Crippen molar-refractivity contribution in [2.75, 3.05) is 13.2 Å². The van der Waals surface area contributed by atoms with Crippen LogP contribution in [0.25, 0.3) is 11.3 Å². The van der Waals surface area contributed by atoms with Crippen molar-refractivity contribution in [2.45, 2.75) is 33.2 Å². The first-order valence-electron chi connectivity index (χ1n) is 10.4. The monoisotopic (exact) mass is 423 g/mol. The maximum absolute atomic E-state index is 13.2. The lowest BCUT2D eigenvalue weighted by Crippen LogP contribution is -2.32. The van der Waals surface area contributed by atoms with Crippen molar-refractivity contribution in [3.63, 3.8) is 0 Å². The number of H-pyrrole nitrogens is 1. The summed E-state index contributed by atoms with van der Waals surface area (Å²) in [5.74, 6) is 1.17. The van der Waals surface area contributed by atoms with E-state index >= 15 is 0 Å². The number of amides is 1. The van der Waals surface area contributed by atoms with Gasteiger partial charge in [-0.25, -0.2) is 0 Å². The summed E-state index contributed by atoms with van der Waals surface area (Å²) in [6.07, 6.45) is 0.962. The van der Waals surface area contributed by atoms with Crippen LogP contribution in [0.3, 0.4) is 0 Å². The number of halogens is 1. The Bertz CT molecular complexity index is 1030. The average Bonchev–Trinajstić information content (AvgIpc) is 3.27. The zero-order valence-electron chi connectivity index (χ0n) is 17.5. The number of hydrogen-bond acceptors (Lipinski definition) is 3. The number of nitrogens with zero attached hydrogens (tertiary/aromatic N) is 2. The van der Waals surface area contributed by atoms with E-state index in [1.54, 1.807) is 0 Å². The highest BCUT2D eigenvalue weighted by Crippen LogP contribution is 2.43. The molecule has 1 N–H and O–H groups in total. The lowest BCUT2D eigenvalue weighted by molar-refractivity contribution is 0.0722. The van der Waals surface area contributed by atoms with Gasteiger partial charge in [-0.05, 0) is 42.2 Å². The topological polar surface area (TPSA) is 58.2 Å². The number of benzene rings is 2. The van der Waals surface area contributed by atoms with Crippen molar-refractivity contribution in [2.24, 2.45) is 5.92 Å². The van der Waals surface area contributed by atoms with Crippen molar-refractivity contribution >= 4 is 17.5 Å². The number of carbonyl (C=O) groups is 1. The van der Waals surface area contributed by atoms with Gasteiger partial charge in [-0.3, -0.25) is 9.89 Å². The van der Waals surface area contributed by atoms with E-state index in [0.717, 1.165) is 34.6 Å². The summed E-state index contributed by atoms with van der Waals surface area (Å²) < 4.78 is 5.73. The molecule has 0 radical (unpaired) electrons. The van der Waals surface area contributed by atoms with Gasteiger partial charge < -0.3 is 9.64 Å². The highest BCUT2D eigenvalue weighted by atomic mass is 35.5. The molecular formula is C24H26ClN3O2. The number of aromatic nitrogens is 2. The summed E-state index contributed by atoms with van der Waals surface area (Å²) >= 11 is 6.07. The van der Waals surface area contributed by atoms with Crippen LogP contribution < -0.4 is 4.74 Å². The summed E-state index contributed by atoms with van der Waals surface area (Å²) in [6.45, 7) is 7.68. The van der Waals surface area contributed by atoms with Gasteiger partial charge in [0.05, 0.1) is 18.3 Å². The lowest BCUT2D eigenvalue weighted by atomic mass is 9.95. The predicted octanol–water partition coefficient (Wildman–Crippen LogP) is 5.72. The van der Waals surface area contributed by atoms with Gasteiger partial charge in [-0.15, -0.1) is 0 Å². The van der Waals surface area contributed by atoms with E-state index in [1.807, 2.05) is 53.4 Å². The number of rotatable bonds is 7. The third-order valence-electron chi connectivity index (χ3n) is 5.21. The van der Waals surface area contributed by atoms with Crippen molar-refractivity contribution in [3.05, 3.63) is 70.4 Å². The Labute approximate surface area is 182 Å². The zero-order chi connectivity index (χ0) is 21.3. The minimum absolute atomic E-state index is 0.0114. The molecule has 0 spiro atoms. The quantitative estimate of drug-likeness (QED) is 0.528. The van der Waals surface area contributed by atoms with Crippen LogP contribution in [-0.2, 0) is 0 Å². The molecule has 4 rings (SSSR count). The third kappa shape index (κ3) is 3.82. The van der Waals surface area contributed by atoms with Gasteiger partial charge in [0.25, 0.3) is 5.91 Å². The number of hydrogen-bond donors (Lipinski definition) is 1. The van der Waals surface area contributed by atoms with Crippen LogP contribution in [0.5, 0.6) is 5.75 Å². The molecule has 1 aliphatic heterocycles. The summed E-state index contributed by atoms with van der Waals surface area (Å²) in [4.78, 5) is 15.2. The Kier molecular flexibility index (Phi) is 5.82. The number of fused-ring (bicyclic) bond motifs is 1. The first-order chi connectivity index (χ1) is 14.5. The smallest absolute Gasteiger partial charge is 0.273 e. The molecule has 1 aromatic heterocycles. The Morgan fingerprint density at radius 2 is 1.83 bits per heavy atom. The zero-order valence-corrected chi connectivity index (χ0v) is 18.2. The van der Waals surface area contributed by atoms with Gasteiger partial charge in [-0.2, -0.15) is 5.10 Å². The standard InChI is InChI=1S/C24H26ClN3O2/c1-4-13-30-19-11-7-17(8-12-19)23-20-21(16-5-9-18(25)10-6-16)26-27-22(20)24(29)28(23)14-15(2)3/h5-12,15,23H,4,13-14H2,1-3H3,(H,26,27). The Morgan fingerprint density at radius 3 is 2.47 bits per heavy atom. The van der Waals surface area contributed by atoms with Crippen molar-refractivity contribution < 1.29 is 9.53 Å². The fraction of sp³-hybridized carbons (Fsp3) is 0.333. The molecule has 2 aromatic carbocycles. The molecule has 156 valence electrons. The summed E-state index contributed by atoms with van der Waals surface area (Å²) in [5, 5.41) is 8.16. The molecule has 1 amide bonds. The van der Waals surface area contributed by atoms with E-state index < -0.39 is 0 Å². The van der Waals surface area contributed by atoms with Crippen LogP contribution in [0, 0.1) is 5.92 Å². The molecule has 6 heteroatoms. The Hall–Kier alpha value is -2.79. The predicted molar refractivity (Wildman–Crippen MR) is 119 cm³/mol. The van der Waals surface area contributed by atoms with Crippen LogP contribution in [0.2, 0.25) is 5.02 Å². The summed E-state index contributed by atoms with van der Waals surface area (Å²) in [5.41, 5.74) is 4.26. The second-order valence-electron chi connectivity index (χ2n) is 8.04. The SMILES string of the molecule is CCCOc1ccc(C2c3c(-c4ccc(Cl)cc4)n[nH]c3C(=O)N2CC(C)C)cc1. The maximum atomic E-state index is 13.2. The largest absolute Gasteiger partial charge is 0.494 e. The molecule has 1 atom stereocenters. The number of carbonyl (C=O) groups excluding carboxylic acids is 1. The highest BCUT2D eigenvalue weighted by Gasteiger charge is 2.42. The fourth-order valence-corrected chi connectivity index (χ4v) is 4.04. The second-order valence-corrected chi connectivity index (χ2v) is 8.48. The van der Waals surface area contributed by atoms with E-state index in [9.17, 15) is 4.79 Å². The van der Waals surface area contributed by atoms with Crippen LogP contribution in [0.4, 0.5) is 0 Å². The van der Waals surface area contributed by atoms with Gasteiger partial charge in [0.1, 0.15) is 11.4 Å². The molecule has 0 saturated carbocycles. The van der Waals surface area contributed by atoms with E-state index in [1.165, 1.54) is 0 Å². The molecule has 3 aromatic rings. The lowest BCUT2D eigenvalue weighted by Gasteiger charge is -2.28. The average molecular weight is 424 g/mol. The Morgan fingerprint density at radius 1 is 1.13 bits per heavy atom. The van der Waals surface area contributed by atoms with Crippen LogP contribution >= 0.6 is 11.6 Å². The maximum Gasteiger partial charge on any atom is 0.273 e. The number of ether oxygens (including phenoxy) is 1. The van der Waals surface area contributed by atoms with Gasteiger partial charge in [0, 0.05) is 22.7 Å². The molecule has 0 saturated heterocycles. The summed E-state index contributed by atoms with van der Waals surface area (Å²) in [6, 6.07) is 15.4. The second kappa shape index (κ2) is 8.52. The first-order valence-corrected chi connectivity index (χ1v) is 10.7.